The predicted molar refractivity (Wildman–Crippen MR) is 71.3 cm³/mol. The van der Waals surface area contributed by atoms with E-state index in [2.05, 4.69) is 19.2 Å². The molecule has 3 nitrogen and oxygen atoms in total. The Morgan fingerprint density at radius 3 is 2.82 bits per heavy atom. The van der Waals surface area contributed by atoms with Crippen LogP contribution < -0.4 is 5.32 Å². The van der Waals surface area contributed by atoms with Gasteiger partial charge < -0.3 is 14.5 Å². The summed E-state index contributed by atoms with van der Waals surface area (Å²) in [7, 11) is 1.70. The number of halogens is 1. The minimum absolute atomic E-state index is 0.423. The second kappa shape index (κ2) is 7.54. The van der Waals surface area contributed by atoms with Crippen molar-refractivity contribution in [2.45, 2.75) is 13.8 Å². The molecule has 0 bridgehead atoms. The second-order valence-electron chi connectivity index (χ2n) is 4.19. The van der Waals surface area contributed by atoms with E-state index in [1.54, 1.807) is 13.2 Å². The van der Waals surface area contributed by atoms with E-state index in [4.69, 9.17) is 20.8 Å². The molecule has 1 N–H and O–H groups in total. The van der Waals surface area contributed by atoms with Crippen molar-refractivity contribution in [3.05, 3.63) is 28.7 Å². The van der Waals surface area contributed by atoms with Crippen molar-refractivity contribution in [3.8, 4) is 0 Å². The van der Waals surface area contributed by atoms with Gasteiger partial charge in [0.25, 0.3) is 0 Å². The number of hydrogen-bond acceptors (Lipinski definition) is 3. The van der Waals surface area contributed by atoms with Crippen LogP contribution in [0.2, 0.25) is 5.22 Å². The largest absolute Gasteiger partial charge is 0.445 e. The molecule has 4 heteroatoms. The molecule has 0 fully saturated rings. The summed E-state index contributed by atoms with van der Waals surface area (Å²) in [6.45, 7) is 6.72. The highest BCUT2D eigenvalue weighted by molar-refractivity contribution is 6.28. The highest BCUT2D eigenvalue weighted by Gasteiger charge is 2.05. The SMILES string of the molecule is COCCNCC(=Cc1ccc(Cl)o1)C(C)C. The Hall–Kier alpha value is -0.770. The molecule has 1 rings (SSSR count). The number of hydrogen-bond donors (Lipinski definition) is 1. The van der Waals surface area contributed by atoms with Gasteiger partial charge in [-0.15, -0.1) is 0 Å². The molecular formula is C13H20ClNO2. The Balaban J connectivity index is 2.56. The molecule has 1 heterocycles. The average molecular weight is 258 g/mol. The average Bonchev–Trinajstić information content (AvgIpc) is 2.68. The van der Waals surface area contributed by atoms with Gasteiger partial charge in [0.15, 0.2) is 5.22 Å². The zero-order valence-corrected chi connectivity index (χ0v) is 11.4. The predicted octanol–water partition coefficient (Wildman–Crippen LogP) is 3.21. The lowest BCUT2D eigenvalue weighted by Crippen LogP contribution is -2.23. The number of furan rings is 1. The van der Waals surface area contributed by atoms with Crippen LogP contribution in [-0.2, 0) is 4.74 Å². The quantitative estimate of drug-likeness (QED) is 0.762. The van der Waals surface area contributed by atoms with Gasteiger partial charge in [0.2, 0.25) is 0 Å². The molecule has 0 atom stereocenters. The van der Waals surface area contributed by atoms with E-state index in [1.165, 1.54) is 5.57 Å². The number of rotatable bonds is 7. The molecule has 0 aliphatic heterocycles. The van der Waals surface area contributed by atoms with E-state index in [1.807, 2.05) is 12.1 Å². The van der Waals surface area contributed by atoms with E-state index in [-0.39, 0.29) is 0 Å². The molecule has 96 valence electrons. The molecule has 0 aliphatic rings. The van der Waals surface area contributed by atoms with Gasteiger partial charge in [0.1, 0.15) is 5.76 Å². The zero-order valence-electron chi connectivity index (χ0n) is 10.6. The molecule has 0 saturated carbocycles. The number of methoxy groups -OCH3 is 1. The molecule has 1 aromatic rings. The lowest BCUT2D eigenvalue weighted by molar-refractivity contribution is 0.200. The summed E-state index contributed by atoms with van der Waals surface area (Å²) in [6, 6.07) is 3.63. The molecular weight excluding hydrogens is 238 g/mol. The first-order valence-electron chi connectivity index (χ1n) is 5.79. The van der Waals surface area contributed by atoms with Crippen molar-refractivity contribution >= 4 is 17.7 Å². The summed E-state index contributed by atoms with van der Waals surface area (Å²) in [6.07, 6.45) is 2.04. The van der Waals surface area contributed by atoms with Crippen molar-refractivity contribution in [2.75, 3.05) is 26.8 Å². The maximum Gasteiger partial charge on any atom is 0.193 e. The molecule has 0 spiro atoms. The van der Waals surface area contributed by atoms with Crippen molar-refractivity contribution in [3.63, 3.8) is 0 Å². The highest BCUT2D eigenvalue weighted by atomic mass is 35.5. The van der Waals surface area contributed by atoms with Crippen LogP contribution in [-0.4, -0.2) is 26.8 Å². The van der Waals surface area contributed by atoms with E-state index in [9.17, 15) is 0 Å². The van der Waals surface area contributed by atoms with Gasteiger partial charge in [-0.3, -0.25) is 0 Å². The first-order valence-corrected chi connectivity index (χ1v) is 6.16. The van der Waals surface area contributed by atoms with Crippen LogP contribution in [0.15, 0.2) is 22.1 Å². The first kappa shape index (κ1) is 14.3. The van der Waals surface area contributed by atoms with Crippen LogP contribution in [0.4, 0.5) is 0 Å². The molecule has 0 saturated heterocycles. The summed E-state index contributed by atoms with van der Waals surface area (Å²) in [5.41, 5.74) is 1.28. The smallest absolute Gasteiger partial charge is 0.193 e. The van der Waals surface area contributed by atoms with E-state index >= 15 is 0 Å². The normalized spacial score (nSPS) is 12.4. The highest BCUT2D eigenvalue weighted by Crippen LogP contribution is 2.18. The van der Waals surface area contributed by atoms with E-state index in [0.29, 0.717) is 11.1 Å². The fourth-order valence-electron chi connectivity index (χ4n) is 1.42. The summed E-state index contributed by atoms with van der Waals surface area (Å²) in [5.74, 6) is 1.26. The Bertz CT molecular complexity index is 358. The summed E-state index contributed by atoms with van der Waals surface area (Å²) in [4.78, 5) is 0. The Kier molecular flexibility index (Phi) is 6.34. The molecule has 0 unspecified atom stereocenters. The third-order valence-corrected chi connectivity index (χ3v) is 2.68. The Morgan fingerprint density at radius 2 is 2.29 bits per heavy atom. The lowest BCUT2D eigenvalue weighted by Gasteiger charge is -2.12. The van der Waals surface area contributed by atoms with Crippen molar-refractivity contribution in [1.29, 1.82) is 0 Å². The van der Waals surface area contributed by atoms with Crippen molar-refractivity contribution in [2.24, 2.45) is 5.92 Å². The van der Waals surface area contributed by atoms with Gasteiger partial charge in [0.05, 0.1) is 6.61 Å². The van der Waals surface area contributed by atoms with E-state index in [0.717, 1.165) is 25.5 Å². The summed E-state index contributed by atoms with van der Waals surface area (Å²) < 4.78 is 10.3. The molecule has 0 aromatic carbocycles. The van der Waals surface area contributed by atoms with Crippen LogP contribution in [0.25, 0.3) is 6.08 Å². The lowest BCUT2D eigenvalue weighted by atomic mass is 10.0. The van der Waals surface area contributed by atoms with Gasteiger partial charge in [-0.05, 0) is 35.7 Å². The Labute approximate surface area is 108 Å². The molecule has 0 radical (unpaired) electrons. The third-order valence-electron chi connectivity index (χ3n) is 2.48. The zero-order chi connectivity index (χ0) is 12.7. The van der Waals surface area contributed by atoms with Gasteiger partial charge in [-0.25, -0.2) is 0 Å². The Morgan fingerprint density at radius 1 is 1.53 bits per heavy atom. The minimum atomic E-state index is 0.423. The van der Waals surface area contributed by atoms with Crippen LogP contribution in [0.5, 0.6) is 0 Å². The summed E-state index contributed by atoms with van der Waals surface area (Å²) in [5, 5.41) is 3.75. The minimum Gasteiger partial charge on any atom is -0.445 e. The van der Waals surface area contributed by atoms with Crippen LogP contribution in [0, 0.1) is 5.92 Å². The maximum absolute atomic E-state index is 5.74. The van der Waals surface area contributed by atoms with Crippen molar-refractivity contribution in [1.82, 2.24) is 5.32 Å². The van der Waals surface area contributed by atoms with Gasteiger partial charge in [0, 0.05) is 20.2 Å². The second-order valence-corrected chi connectivity index (χ2v) is 4.56. The molecule has 0 aliphatic carbocycles. The van der Waals surface area contributed by atoms with Crippen LogP contribution >= 0.6 is 11.6 Å². The van der Waals surface area contributed by atoms with Gasteiger partial charge in [-0.2, -0.15) is 0 Å². The fraction of sp³-hybridized carbons (Fsp3) is 0.538. The first-order chi connectivity index (χ1) is 8.13. The number of nitrogens with one attached hydrogen (secondary N) is 1. The standard InChI is InChI=1S/C13H20ClNO2/c1-10(2)11(9-15-6-7-16-3)8-12-4-5-13(14)17-12/h4-5,8,10,15H,6-7,9H2,1-3H3. The topological polar surface area (TPSA) is 34.4 Å². The third kappa shape index (κ3) is 5.39. The van der Waals surface area contributed by atoms with Gasteiger partial charge in [-0.1, -0.05) is 19.4 Å². The number of ether oxygens (including phenoxy) is 1. The monoisotopic (exact) mass is 257 g/mol. The molecule has 17 heavy (non-hydrogen) atoms. The molecule has 1 aromatic heterocycles. The summed E-state index contributed by atoms with van der Waals surface area (Å²) >= 11 is 5.74. The maximum atomic E-state index is 5.74. The van der Waals surface area contributed by atoms with Gasteiger partial charge >= 0.3 is 0 Å². The van der Waals surface area contributed by atoms with Crippen LogP contribution in [0.1, 0.15) is 19.6 Å². The van der Waals surface area contributed by atoms with Crippen molar-refractivity contribution < 1.29 is 9.15 Å². The molecule has 0 amide bonds. The fourth-order valence-corrected chi connectivity index (χ4v) is 1.57. The van der Waals surface area contributed by atoms with E-state index < -0.39 is 0 Å². The van der Waals surface area contributed by atoms with Crippen LogP contribution in [0.3, 0.4) is 0 Å².